The van der Waals surface area contributed by atoms with E-state index in [9.17, 15) is 9.59 Å². The second-order valence-corrected chi connectivity index (χ2v) is 8.54. The average molecular weight is 413 g/mol. The van der Waals surface area contributed by atoms with Crippen molar-refractivity contribution < 1.29 is 19.4 Å². The third-order valence-electron chi connectivity index (χ3n) is 5.67. The molecule has 0 aromatic heterocycles. The molecule has 0 fully saturated rings. The zero-order valence-corrected chi connectivity index (χ0v) is 19.4. The molecule has 0 rings (SSSR count). The maximum Gasteiger partial charge on any atom is 0.308 e. The number of ether oxygens (including phenoxy) is 1. The predicted octanol–water partition coefficient (Wildman–Crippen LogP) is 7.68. The topological polar surface area (TPSA) is 63.6 Å². The summed E-state index contributed by atoms with van der Waals surface area (Å²) in [5.74, 6) is -0.589. The van der Waals surface area contributed by atoms with E-state index in [1.807, 2.05) is 0 Å². The number of rotatable bonds is 22. The second kappa shape index (κ2) is 21.6. The van der Waals surface area contributed by atoms with Crippen molar-refractivity contribution >= 4 is 11.9 Å². The number of hydrogen-bond donors (Lipinski definition) is 1. The number of unbranched alkanes of at least 4 members (excludes halogenated alkanes) is 13. The van der Waals surface area contributed by atoms with E-state index in [0.29, 0.717) is 6.61 Å². The van der Waals surface area contributed by atoms with Crippen LogP contribution in [0.1, 0.15) is 136 Å². The van der Waals surface area contributed by atoms with E-state index in [2.05, 4.69) is 13.8 Å². The molecule has 0 spiro atoms. The molecule has 0 aliphatic carbocycles. The third kappa shape index (κ3) is 20.0. The summed E-state index contributed by atoms with van der Waals surface area (Å²) >= 11 is 0. The van der Waals surface area contributed by atoms with Gasteiger partial charge in [-0.15, -0.1) is 0 Å². The summed E-state index contributed by atoms with van der Waals surface area (Å²) in [5.41, 5.74) is 0. The first-order valence-corrected chi connectivity index (χ1v) is 12.5. The van der Waals surface area contributed by atoms with E-state index in [-0.39, 0.29) is 18.3 Å². The van der Waals surface area contributed by atoms with Gasteiger partial charge < -0.3 is 9.84 Å². The molecule has 0 radical (unpaired) electrons. The Bertz CT molecular complexity index is 367. The van der Waals surface area contributed by atoms with E-state index in [0.717, 1.165) is 64.2 Å². The van der Waals surface area contributed by atoms with Crippen LogP contribution in [0.2, 0.25) is 0 Å². The maximum absolute atomic E-state index is 12.5. The zero-order valence-electron chi connectivity index (χ0n) is 19.4. The molecule has 172 valence electrons. The Balaban J connectivity index is 3.93. The van der Waals surface area contributed by atoms with E-state index in [1.54, 1.807) is 0 Å². The van der Waals surface area contributed by atoms with Gasteiger partial charge in [-0.1, -0.05) is 104 Å². The minimum Gasteiger partial charge on any atom is -0.481 e. The first-order chi connectivity index (χ1) is 14.1. The third-order valence-corrected chi connectivity index (χ3v) is 5.67. The molecule has 0 unspecified atom stereocenters. The quantitative estimate of drug-likeness (QED) is 0.146. The Hall–Kier alpha value is -1.06. The predicted molar refractivity (Wildman–Crippen MR) is 121 cm³/mol. The van der Waals surface area contributed by atoms with Gasteiger partial charge in [-0.2, -0.15) is 0 Å². The minimum absolute atomic E-state index is 0.0254. The highest BCUT2D eigenvalue weighted by Gasteiger charge is 2.19. The van der Waals surface area contributed by atoms with Gasteiger partial charge in [0.15, 0.2) is 0 Å². The fraction of sp³-hybridized carbons (Fsp3) is 0.920. The van der Waals surface area contributed by atoms with Gasteiger partial charge >= 0.3 is 11.9 Å². The zero-order chi connectivity index (χ0) is 21.6. The van der Waals surface area contributed by atoms with E-state index < -0.39 is 5.97 Å². The van der Waals surface area contributed by atoms with Crippen molar-refractivity contribution in [3.63, 3.8) is 0 Å². The lowest BCUT2D eigenvalue weighted by atomic mass is 9.94. The summed E-state index contributed by atoms with van der Waals surface area (Å²) in [5, 5.41) is 8.62. The van der Waals surface area contributed by atoms with Crippen molar-refractivity contribution in [2.24, 2.45) is 5.92 Å². The Morgan fingerprint density at radius 3 is 1.62 bits per heavy atom. The Morgan fingerprint density at radius 2 is 1.10 bits per heavy atom. The number of esters is 1. The summed E-state index contributed by atoms with van der Waals surface area (Å²) in [6.07, 6.45) is 20.5. The number of aliphatic carboxylic acids is 1. The molecule has 0 aromatic carbocycles. The second-order valence-electron chi connectivity index (χ2n) is 8.54. The van der Waals surface area contributed by atoms with Gasteiger partial charge in [0.25, 0.3) is 0 Å². The number of carboxylic acids is 1. The number of hydrogen-bond acceptors (Lipinski definition) is 3. The van der Waals surface area contributed by atoms with Gasteiger partial charge in [0.1, 0.15) is 0 Å². The smallest absolute Gasteiger partial charge is 0.308 e. The van der Waals surface area contributed by atoms with Crippen LogP contribution in [0.25, 0.3) is 0 Å². The number of carbonyl (C=O) groups is 2. The van der Waals surface area contributed by atoms with Gasteiger partial charge in [-0.05, 0) is 25.7 Å². The highest BCUT2D eigenvalue weighted by atomic mass is 16.5. The summed E-state index contributed by atoms with van der Waals surface area (Å²) in [6, 6.07) is 0. The van der Waals surface area contributed by atoms with Gasteiger partial charge in [0, 0.05) is 6.42 Å². The van der Waals surface area contributed by atoms with Crippen LogP contribution in [0.5, 0.6) is 0 Å². The highest BCUT2D eigenvalue weighted by molar-refractivity contribution is 5.72. The van der Waals surface area contributed by atoms with Gasteiger partial charge in [0.2, 0.25) is 0 Å². The molecule has 0 amide bonds. The molecule has 0 atom stereocenters. The largest absolute Gasteiger partial charge is 0.481 e. The lowest BCUT2D eigenvalue weighted by Crippen LogP contribution is -2.18. The summed E-state index contributed by atoms with van der Waals surface area (Å²) in [4.78, 5) is 23.0. The van der Waals surface area contributed by atoms with Crippen LogP contribution in [0.3, 0.4) is 0 Å². The first kappa shape index (κ1) is 27.9. The SMILES string of the molecule is CCCCCCCC(CCCCCCC)C(=O)OCCCCCCCCC(=O)O. The molecular weight excluding hydrogens is 364 g/mol. The molecule has 4 heteroatoms. The molecule has 29 heavy (non-hydrogen) atoms. The monoisotopic (exact) mass is 412 g/mol. The van der Waals surface area contributed by atoms with Crippen molar-refractivity contribution in [1.82, 2.24) is 0 Å². The molecular formula is C25H48O4. The molecule has 0 saturated carbocycles. The summed E-state index contributed by atoms with van der Waals surface area (Å²) < 4.78 is 5.60. The molecule has 0 bridgehead atoms. The van der Waals surface area contributed by atoms with Crippen LogP contribution in [-0.4, -0.2) is 23.7 Å². The standard InChI is InChI=1S/C25H48O4/c1-3-5-7-11-15-19-23(20-16-12-8-6-4-2)25(28)29-22-18-14-10-9-13-17-21-24(26)27/h23H,3-22H2,1-2H3,(H,26,27). The van der Waals surface area contributed by atoms with E-state index >= 15 is 0 Å². The van der Waals surface area contributed by atoms with Crippen molar-refractivity contribution in [3.8, 4) is 0 Å². The average Bonchev–Trinajstić information content (AvgIpc) is 2.70. The fourth-order valence-electron chi connectivity index (χ4n) is 3.74. The van der Waals surface area contributed by atoms with Crippen molar-refractivity contribution in [2.75, 3.05) is 6.61 Å². The summed E-state index contributed by atoms with van der Waals surface area (Å²) in [7, 11) is 0. The molecule has 1 N–H and O–H groups in total. The first-order valence-electron chi connectivity index (χ1n) is 12.5. The Labute approximate surface area is 180 Å². The molecule has 0 heterocycles. The summed E-state index contributed by atoms with van der Waals surface area (Å²) in [6.45, 7) is 5.00. The van der Waals surface area contributed by atoms with Crippen LogP contribution in [0.15, 0.2) is 0 Å². The Morgan fingerprint density at radius 1 is 0.655 bits per heavy atom. The fourth-order valence-corrected chi connectivity index (χ4v) is 3.74. The molecule has 0 aromatic rings. The van der Waals surface area contributed by atoms with E-state index in [1.165, 1.54) is 51.4 Å². The lowest BCUT2D eigenvalue weighted by molar-refractivity contribution is -0.149. The van der Waals surface area contributed by atoms with Crippen LogP contribution < -0.4 is 0 Å². The van der Waals surface area contributed by atoms with Gasteiger partial charge in [0.05, 0.1) is 12.5 Å². The Kier molecular flexibility index (Phi) is 20.9. The van der Waals surface area contributed by atoms with Crippen molar-refractivity contribution in [2.45, 2.75) is 136 Å². The molecule has 0 aliphatic rings. The highest BCUT2D eigenvalue weighted by Crippen LogP contribution is 2.20. The van der Waals surface area contributed by atoms with Gasteiger partial charge in [-0.3, -0.25) is 9.59 Å². The maximum atomic E-state index is 12.5. The van der Waals surface area contributed by atoms with Crippen LogP contribution >= 0.6 is 0 Å². The minimum atomic E-state index is -0.706. The van der Waals surface area contributed by atoms with E-state index in [4.69, 9.17) is 9.84 Å². The molecule has 4 nitrogen and oxygen atoms in total. The normalized spacial score (nSPS) is 11.1. The number of carbonyl (C=O) groups excluding carboxylic acids is 1. The van der Waals surface area contributed by atoms with Crippen LogP contribution in [0, 0.1) is 5.92 Å². The van der Waals surface area contributed by atoms with Crippen LogP contribution in [0.4, 0.5) is 0 Å². The van der Waals surface area contributed by atoms with Crippen molar-refractivity contribution in [1.29, 1.82) is 0 Å². The van der Waals surface area contributed by atoms with Crippen LogP contribution in [-0.2, 0) is 14.3 Å². The number of carboxylic acid groups (broad SMARTS) is 1. The lowest BCUT2D eigenvalue weighted by Gasteiger charge is -2.16. The van der Waals surface area contributed by atoms with Gasteiger partial charge in [-0.25, -0.2) is 0 Å². The molecule has 0 aliphatic heterocycles. The molecule has 0 saturated heterocycles. The van der Waals surface area contributed by atoms with Crippen molar-refractivity contribution in [3.05, 3.63) is 0 Å².